The molecule has 0 radical (unpaired) electrons. The Morgan fingerprint density at radius 1 is 0.167 bits per heavy atom. The first kappa shape index (κ1) is 117. The van der Waals surface area contributed by atoms with Gasteiger partial charge in [0.15, 0.2) is 0 Å². The molecule has 42 heteroatoms. The van der Waals surface area contributed by atoms with Gasteiger partial charge in [0.05, 0.1) is 0 Å². The van der Waals surface area contributed by atoms with Crippen LogP contribution in [-0.2, 0) is 62.4 Å². The first-order chi connectivity index (χ1) is 12.0. The van der Waals surface area contributed by atoms with Crippen LogP contribution in [0, 0.1) is 0 Å². The third-order valence-corrected chi connectivity index (χ3v) is 0. The Balaban J connectivity index is -0.00000000973. The first-order valence-electron chi connectivity index (χ1n) is 4.00. The molecule has 0 aliphatic rings. The maximum absolute atomic E-state index is 8.52. The maximum atomic E-state index is 8.52. The molecular weight excluding hydrogens is 852 g/mol. The Labute approximate surface area is 508 Å². The van der Waals surface area contributed by atoms with Gasteiger partial charge in [-0.2, -0.15) is 0 Å². The maximum Gasteiger partial charge on any atom is 1.00 e. The molecule has 0 amide bonds. The van der Waals surface area contributed by atoms with Gasteiger partial charge >= 0.3 is 355 Å². The Bertz CT molecular complexity index is 790. The van der Waals surface area contributed by atoms with Crippen molar-refractivity contribution in [3.05, 3.63) is 0 Å². The number of hydrogen-bond acceptors (Lipinski definition) is 24. The van der Waals surface area contributed by atoms with Crippen LogP contribution in [0.15, 0.2) is 0 Å². The van der Waals surface area contributed by atoms with Crippen LogP contribution in [0.4, 0.5) is 0 Å². The fraction of sp³-hybridized carbons (Fsp3) is 0. The molecule has 192 valence electrons. The average molecular weight is 852 g/mol. The van der Waals surface area contributed by atoms with Crippen molar-refractivity contribution >= 4 is 62.4 Å². The second kappa shape index (κ2) is 61.4. The van der Waals surface area contributed by atoms with Crippen LogP contribution in [-0.4, -0.2) is 105 Å². The molecule has 24 nitrogen and oxygen atoms in total. The summed E-state index contributed by atoms with van der Waals surface area (Å²) in [6.07, 6.45) is 0. The molecule has 0 atom stereocenters. The van der Waals surface area contributed by atoms with Crippen LogP contribution in [0.2, 0.25) is 0 Å². The molecule has 0 saturated carbocycles. The van der Waals surface area contributed by atoms with E-state index in [1.54, 1.807) is 0 Å². The number of hydrogen-bond donors (Lipinski definition) is 0. The van der Waals surface area contributed by atoms with E-state index < -0.39 is 62.4 Å². The van der Waals surface area contributed by atoms with Gasteiger partial charge in [0.2, 0.25) is 0 Å². The minimum atomic E-state index is -5.17. The third-order valence-electron chi connectivity index (χ3n) is 0. The predicted octanol–water partition coefficient (Wildman–Crippen LogP) is -44.0. The summed E-state index contributed by atoms with van der Waals surface area (Å²) in [5.41, 5.74) is 0. The zero-order valence-corrected chi connectivity index (χ0v) is 53.1. The first-order valence-corrected chi connectivity index (χ1v) is 12.0. The zero-order valence-electron chi connectivity index (χ0n) is 24.2. The Morgan fingerprint density at radius 3 is 0.167 bits per heavy atom. The fourth-order valence-electron chi connectivity index (χ4n) is 0. The average Bonchev–Trinajstić information content (AvgIpc) is 1.94. The van der Waals surface area contributed by atoms with Crippen LogP contribution in [0.25, 0.3) is 0 Å². The Morgan fingerprint density at radius 2 is 0.167 bits per heavy atom. The summed E-state index contributed by atoms with van der Waals surface area (Å²) in [5, 5.41) is 0. The van der Waals surface area contributed by atoms with Crippen LogP contribution < -0.4 is 355 Å². The third kappa shape index (κ3) is 1030. The molecule has 0 heterocycles. The van der Waals surface area contributed by atoms with E-state index in [0.29, 0.717) is 0 Å². The van der Waals surface area contributed by atoms with Crippen molar-refractivity contribution in [1.82, 2.24) is 0 Å². The molecule has 0 aromatic rings. The van der Waals surface area contributed by atoms with Crippen molar-refractivity contribution in [3.8, 4) is 0 Å². The van der Waals surface area contributed by atoms with Crippen LogP contribution >= 0.6 is 0 Å². The molecule has 0 aliphatic carbocycles. The molecule has 0 bridgehead atoms. The summed E-state index contributed by atoms with van der Waals surface area (Å²) in [6.45, 7) is 0. The van der Waals surface area contributed by atoms with Gasteiger partial charge in [-0.1, -0.05) is 0 Å². The zero-order chi connectivity index (χ0) is 27.0. The van der Waals surface area contributed by atoms with E-state index in [9.17, 15) is 0 Å². The van der Waals surface area contributed by atoms with E-state index in [2.05, 4.69) is 0 Å². The minimum Gasteiger partial charge on any atom is -0.759 e. The van der Waals surface area contributed by atoms with Gasteiger partial charge < -0.3 is 54.6 Å². The second-order valence-electron chi connectivity index (χ2n) is 2.45. The summed E-state index contributed by atoms with van der Waals surface area (Å²) in [6, 6.07) is 0. The molecule has 0 N–H and O–H groups in total. The number of rotatable bonds is 0. The molecule has 0 unspecified atom stereocenters. The molecule has 0 saturated heterocycles. The summed E-state index contributed by atoms with van der Waals surface area (Å²) < 4.78 is 205. The topological polar surface area (TPSA) is 482 Å². The summed E-state index contributed by atoms with van der Waals surface area (Å²) in [7, 11) is -31.0. The van der Waals surface area contributed by atoms with Gasteiger partial charge in [0, 0.05) is 62.4 Å². The van der Waals surface area contributed by atoms with E-state index in [-0.39, 0.29) is 355 Å². The molecular formula is Na12O24S6. The van der Waals surface area contributed by atoms with Crippen molar-refractivity contribution in [2.45, 2.75) is 0 Å². The fourth-order valence-corrected chi connectivity index (χ4v) is 0. The van der Waals surface area contributed by atoms with Crippen molar-refractivity contribution in [3.63, 3.8) is 0 Å². The Kier molecular flexibility index (Phi) is 171. The molecule has 0 aromatic carbocycles. The summed E-state index contributed by atoms with van der Waals surface area (Å²) in [5.74, 6) is 0. The summed E-state index contributed by atoms with van der Waals surface area (Å²) in [4.78, 5) is 0. The van der Waals surface area contributed by atoms with Crippen molar-refractivity contribution < 1.29 is 460 Å². The molecule has 0 aromatic heterocycles. The van der Waals surface area contributed by atoms with Crippen molar-refractivity contribution in [2.24, 2.45) is 0 Å². The molecule has 0 aliphatic heterocycles. The van der Waals surface area contributed by atoms with E-state index >= 15 is 0 Å². The Hall–Kier alpha value is 11.2. The predicted molar refractivity (Wildman–Crippen MR) is 62.8 cm³/mol. The monoisotopic (exact) mass is 852 g/mol. The van der Waals surface area contributed by atoms with E-state index in [0.717, 1.165) is 0 Å². The van der Waals surface area contributed by atoms with Gasteiger partial charge in [-0.3, -0.25) is 50.5 Å². The van der Waals surface area contributed by atoms with Crippen LogP contribution in [0.3, 0.4) is 0 Å². The standard InChI is InChI=1S/12Na.6H2O4S/c;;;;;;;;;;;;6*1-5(2,3)4/h;;;;;;;;;;;;6*(H2,1,2,3,4)/q12*+1;;;;;;/p-12. The minimum absolute atomic E-state index is 0. The summed E-state index contributed by atoms with van der Waals surface area (Å²) >= 11 is 0. The van der Waals surface area contributed by atoms with E-state index in [1.807, 2.05) is 0 Å². The van der Waals surface area contributed by atoms with Gasteiger partial charge in [0.1, 0.15) is 0 Å². The van der Waals surface area contributed by atoms with E-state index in [4.69, 9.17) is 105 Å². The van der Waals surface area contributed by atoms with Gasteiger partial charge in [-0.25, -0.2) is 0 Å². The van der Waals surface area contributed by atoms with Gasteiger partial charge in [-0.05, 0) is 0 Å². The molecule has 0 fully saturated rings. The van der Waals surface area contributed by atoms with Crippen LogP contribution in [0.5, 0.6) is 0 Å². The van der Waals surface area contributed by atoms with Crippen molar-refractivity contribution in [2.75, 3.05) is 0 Å². The van der Waals surface area contributed by atoms with Gasteiger partial charge in [0.25, 0.3) is 0 Å². The largest absolute Gasteiger partial charge is 1.00 e. The van der Waals surface area contributed by atoms with E-state index in [1.165, 1.54) is 0 Å². The second-order valence-corrected chi connectivity index (χ2v) is 7.35. The van der Waals surface area contributed by atoms with Crippen LogP contribution in [0.1, 0.15) is 0 Å². The van der Waals surface area contributed by atoms with Gasteiger partial charge in [-0.15, -0.1) is 0 Å². The normalized spacial score (nSPS) is 8.29. The smallest absolute Gasteiger partial charge is 0.759 e. The molecule has 42 heavy (non-hydrogen) atoms. The SMILES string of the molecule is O=S(=O)([O-])[O-].O=S(=O)([O-])[O-].O=S(=O)([O-])[O-].O=S(=O)([O-])[O-].O=S(=O)([O-])[O-].O=S(=O)([O-])[O-].[Na+].[Na+].[Na+].[Na+].[Na+].[Na+].[Na+].[Na+].[Na+].[Na+].[Na+].[Na+]. The molecule has 0 spiro atoms. The quantitative estimate of drug-likeness (QED) is 0.124. The molecule has 0 rings (SSSR count). The van der Waals surface area contributed by atoms with Crippen molar-refractivity contribution in [1.29, 1.82) is 0 Å².